The van der Waals surface area contributed by atoms with Gasteiger partial charge in [-0.25, -0.2) is 8.78 Å². The predicted molar refractivity (Wildman–Crippen MR) is 63.8 cm³/mol. The van der Waals surface area contributed by atoms with Gasteiger partial charge >= 0.3 is 0 Å². The van der Waals surface area contributed by atoms with Crippen molar-refractivity contribution in [3.63, 3.8) is 0 Å². The highest BCUT2D eigenvalue weighted by Crippen LogP contribution is 2.35. The Balaban J connectivity index is 3.14. The van der Waals surface area contributed by atoms with Crippen LogP contribution in [0.4, 0.5) is 14.5 Å². The number of rotatable bonds is 6. The van der Waals surface area contributed by atoms with Crippen LogP contribution in [-0.2, 0) is 5.33 Å². The zero-order valence-electron chi connectivity index (χ0n) is 9.36. The number of hydrogen-bond donors (Lipinski definition) is 0. The van der Waals surface area contributed by atoms with E-state index in [9.17, 15) is 18.9 Å². The van der Waals surface area contributed by atoms with E-state index in [0.717, 1.165) is 6.07 Å². The summed E-state index contributed by atoms with van der Waals surface area (Å²) in [6.45, 7) is -0.846. The van der Waals surface area contributed by atoms with Gasteiger partial charge in [-0.15, -0.1) is 0 Å². The standard InChI is InChI=1S/C10H10BrF2NO4/c1-17-8-2-6(4-11)7(14(15)16)3-9(8)18-5-10(12)13/h2-3,10H,4-5H2,1H3. The first-order chi connectivity index (χ1) is 8.49. The molecule has 0 fully saturated rings. The summed E-state index contributed by atoms with van der Waals surface area (Å²) in [7, 11) is 1.33. The van der Waals surface area contributed by atoms with Gasteiger partial charge in [0, 0.05) is 10.9 Å². The van der Waals surface area contributed by atoms with Crippen LogP contribution in [0.25, 0.3) is 0 Å². The molecule has 1 aromatic rings. The Morgan fingerprint density at radius 3 is 2.56 bits per heavy atom. The number of benzene rings is 1. The van der Waals surface area contributed by atoms with Gasteiger partial charge in [-0.1, -0.05) is 15.9 Å². The molecule has 0 atom stereocenters. The van der Waals surface area contributed by atoms with Crippen LogP contribution < -0.4 is 9.47 Å². The molecule has 100 valence electrons. The molecule has 0 aliphatic rings. The predicted octanol–water partition coefficient (Wildman–Crippen LogP) is 3.14. The first kappa shape index (κ1) is 14.6. The molecule has 0 radical (unpaired) electrons. The van der Waals surface area contributed by atoms with Crippen molar-refractivity contribution in [2.75, 3.05) is 13.7 Å². The van der Waals surface area contributed by atoms with E-state index in [1.807, 2.05) is 0 Å². The van der Waals surface area contributed by atoms with Gasteiger partial charge < -0.3 is 9.47 Å². The molecular formula is C10H10BrF2NO4. The molecule has 1 aromatic carbocycles. The third-order valence-corrected chi connectivity index (χ3v) is 2.67. The van der Waals surface area contributed by atoms with E-state index < -0.39 is 18.0 Å². The lowest BCUT2D eigenvalue weighted by molar-refractivity contribution is -0.385. The van der Waals surface area contributed by atoms with Crippen LogP contribution in [0.2, 0.25) is 0 Å². The van der Waals surface area contributed by atoms with Crippen LogP contribution in [0.3, 0.4) is 0 Å². The van der Waals surface area contributed by atoms with Crippen LogP contribution >= 0.6 is 15.9 Å². The maximum absolute atomic E-state index is 12.1. The second kappa shape index (κ2) is 6.48. The van der Waals surface area contributed by atoms with Crippen molar-refractivity contribution in [3.8, 4) is 11.5 Å². The first-order valence-corrected chi connectivity index (χ1v) is 5.94. The number of hydrogen-bond acceptors (Lipinski definition) is 4. The highest BCUT2D eigenvalue weighted by atomic mass is 79.9. The second-order valence-electron chi connectivity index (χ2n) is 3.22. The maximum Gasteiger partial charge on any atom is 0.277 e. The zero-order chi connectivity index (χ0) is 13.7. The van der Waals surface area contributed by atoms with Gasteiger partial charge in [-0.05, 0) is 6.07 Å². The number of alkyl halides is 3. The van der Waals surface area contributed by atoms with E-state index in [4.69, 9.17) is 9.47 Å². The molecule has 0 amide bonds. The number of halogens is 3. The first-order valence-electron chi connectivity index (χ1n) is 4.81. The van der Waals surface area contributed by atoms with Crippen molar-refractivity contribution in [3.05, 3.63) is 27.8 Å². The van der Waals surface area contributed by atoms with E-state index in [2.05, 4.69) is 15.9 Å². The summed E-state index contributed by atoms with van der Waals surface area (Å²) in [6, 6.07) is 2.46. The van der Waals surface area contributed by atoms with Crippen LogP contribution in [0, 0.1) is 10.1 Å². The van der Waals surface area contributed by atoms with Crippen LogP contribution in [0.1, 0.15) is 5.56 Å². The Bertz CT molecular complexity index is 442. The fourth-order valence-corrected chi connectivity index (χ4v) is 1.74. The molecule has 0 N–H and O–H groups in total. The van der Waals surface area contributed by atoms with Crippen molar-refractivity contribution in [1.82, 2.24) is 0 Å². The van der Waals surface area contributed by atoms with E-state index in [1.165, 1.54) is 13.2 Å². The highest BCUT2D eigenvalue weighted by molar-refractivity contribution is 9.08. The Morgan fingerprint density at radius 1 is 1.44 bits per heavy atom. The lowest BCUT2D eigenvalue weighted by Gasteiger charge is -2.11. The summed E-state index contributed by atoms with van der Waals surface area (Å²) in [5, 5.41) is 11.1. The molecule has 0 spiro atoms. The van der Waals surface area contributed by atoms with Crippen LogP contribution in [0.15, 0.2) is 12.1 Å². The van der Waals surface area contributed by atoms with Crippen molar-refractivity contribution >= 4 is 21.6 Å². The van der Waals surface area contributed by atoms with E-state index in [-0.39, 0.29) is 22.5 Å². The number of nitro groups is 1. The van der Waals surface area contributed by atoms with Crippen molar-refractivity contribution in [2.24, 2.45) is 0 Å². The molecule has 0 saturated carbocycles. The zero-order valence-corrected chi connectivity index (χ0v) is 10.9. The minimum absolute atomic E-state index is 0.0748. The van der Waals surface area contributed by atoms with Gasteiger partial charge in [0.1, 0.15) is 6.61 Å². The molecule has 0 aliphatic carbocycles. The molecule has 0 aromatic heterocycles. The maximum atomic E-state index is 12.1. The summed E-state index contributed by atoms with van der Waals surface area (Å²) in [4.78, 5) is 10.2. The smallest absolute Gasteiger partial charge is 0.277 e. The molecule has 0 bridgehead atoms. The third kappa shape index (κ3) is 3.52. The fourth-order valence-electron chi connectivity index (χ4n) is 1.29. The normalized spacial score (nSPS) is 10.5. The Labute approximate surface area is 110 Å². The number of methoxy groups -OCH3 is 1. The molecule has 0 heterocycles. The molecule has 0 unspecified atom stereocenters. The lowest BCUT2D eigenvalue weighted by atomic mass is 10.2. The molecular weight excluding hydrogens is 316 g/mol. The Hall–Kier alpha value is -1.44. The van der Waals surface area contributed by atoms with Gasteiger partial charge in [0.2, 0.25) is 0 Å². The Morgan fingerprint density at radius 2 is 2.11 bits per heavy atom. The summed E-state index contributed by atoms with van der Waals surface area (Å²) < 4.78 is 33.8. The van der Waals surface area contributed by atoms with Crippen LogP contribution in [0.5, 0.6) is 11.5 Å². The minimum atomic E-state index is -2.66. The van der Waals surface area contributed by atoms with Gasteiger partial charge in [0.05, 0.1) is 18.1 Å². The SMILES string of the molecule is COc1cc(CBr)c([N+](=O)[O-])cc1OCC(F)F. The molecule has 0 aliphatic heterocycles. The third-order valence-electron chi connectivity index (χ3n) is 2.07. The average Bonchev–Trinajstić information content (AvgIpc) is 2.34. The van der Waals surface area contributed by atoms with Crippen molar-refractivity contribution in [1.29, 1.82) is 0 Å². The van der Waals surface area contributed by atoms with Gasteiger partial charge in [0.15, 0.2) is 11.5 Å². The van der Waals surface area contributed by atoms with Crippen LogP contribution in [-0.4, -0.2) is 25.1 Å². The average molecular weight is 326 g/mol. The Kier molecular flexibility index (Phi) is 5.26. The number of nitro benzene ring substituents is 1. The minimum Gasteiger partial charge on any atom is -0.493 e. The summed E-state index contributed by atoms with van der Waals surface area (Å²) >= 11 is 3.11. The van der Waals surface area contributed by atoms with Crippen molar-refractivity contribution in [2.45, 2.75) is 11.8 Å². The van der Waals surface area contributed by atoms with E-state index in [0.29, 0.717) is 5.56 Å². The topological polar surface area (TPSA) is 61.6 Å². The fraction of sp³-hybridized carbons (Fsp3) is 0.400. The number of ether oxygens (including phenoxy) is 2. The number of nitrogens with zero attached hydrogens (tertiary/aromatic N) is 1. The van der Waals surface area contributed by atoms with E-state index >= 15 is 0 Å². The molecule has 18 heavy (non-hydrogen) atoms. The monoisotopic (exact) mass is 325 g/mol. The van der Waals surface area contributed by atoms with Gasteiger partial charge in [0.25, 0.3) is 12.1 Å². The van der Waals surface area contributed by atoms with Crippen molar-refractivity contribution < 1.29 is 23.2 Å². The van der Waals surface area contributed by atoms with Gasteiger partial charge in [-0.3, -0.25) is 10.1 Å². The molecule has 0 saturated heterocycles. The summed E-state index contributed by atoms with van der Waals surface area (Å²) in [5.74, 6) is 0.102. The molecule has 8 heteroatoms. The molecule has 5 nitrogen and oxygen atoms in total. The van der Waals surface area contributed by atoms with Gasteiger partial charge in [-0.2, -0.15) is 0 Å². The lowest BCUT2D eigenvalue weighted by Crippen LogP contribution is -2.08. The summed E-state index contributed by atoms with van der Waals surface area (Å²) in [6.07, 6.45) is -2.66. The second-order valence-corrected chi connectivity index (χ2v) is 3.79. The quantitative estimate of drug-likeness (QED) is 0.458. The largest absolute Gasteiger partial charge is 0.493 e. The van der Waals surface area contributed by atoms with E-state index in [1.54, 1.807) is 0 Å². The molecule has 1 rings (SSSR count). The summed E-state index contributed by atoms with van der Waals surface area (Å²) in [5.41, 5.74) is 0.165. The highest BCUT2D eigenvalue weighted by Gasteiger charge is 2.19.